The van der Waals surface area contributed by atoms with E-state index in [0.717, 1.165) is 6.29 Å². The minimum absolute atomic E-state index is 0.523. The van der Waals surface area contributed by atoms with E-state index in [1.807, 2.05) is 0 Å². The molecule has 0 saturated carbocycles. The van der Waals surface area contributed by atoms with Crippen LogP contribution in [-0.2, 0) is 0 Å². The van der Waals surface area contributed by atoms with Crippen LogP contribution in [0, 0.1) is 0 Å². The van der Waals surface area contributed by atoms with Crippen LogP contribution in [0.4, 0.5) is 11.5 Å². The van der Waals surface area contributed by atoms with Crippen LogP contribution in [0.25, 0.3) is 0 Å². The van der Waals surface area contributed by atoms with Crippen LogP contribution >= 0.6 is 11.6 Å². The lowest BCUT2D eigenvalue weighted by molar-refractivity contribution is 0.112. The Bertz CT molecular complexity index is 502. The fourth-order valence-corrected chi connectivity index (χ4v) is 1.41. The van der Waals surface area contributed by atoms with Gasteiger partial charge in [0.1, 0.15) is 5.82 Å². The van der Waals surface area contributed by atoms with Gasteiger partial charge in [0, 0.05) is 23.0 Å². The van der Waals surface area contributed by atoms with Crippen molar-refractivity contribution < 1.29 is 4.79 Å². The summed E-state index contributed by atoms with van der Waals surface area (Å²) in [4.78, 5) is 18.8. The summed E-state index contributed by atoms with van der Waals surface area (Å²) in [6.45, 7) is 0. The lowest BCUT2D eigenvalue weighted by atomic mass is 10.2. The SMILES string of the molecule is O=Cc1ccc(Cl)cc1Nc1cnccn1. The molecule has 0 saturated heterocycles. The van der Waals surface area contributed by atoms with Crippen molar-refractivity contribution in [3.63, 3.8) is 0 Å². The van der Waals surface area contributed by atoms with E-state index in [1.165, 1.54) is 0 Å². The van der Waals surface area contributed by atoms with Crippen molar-refractivity contribution in [2.24, 2.45) is 0 Å². The summed E-state index contributed by atoms with van der Waals surface area (Å²) in [7, 11) is 0. The zero-order valence-corrected chi connectivity index (χ0v) is 8.98. The summed E-state index contributed by atoms with van der Waals surface area (Å²) in [6, 6.07) is 4.97. The van der Waals surface area contributed by atoms with E-state index in [1.54, 1.807) is 36.8 Å². The summed E-state index contributed by atoms with van der Waals surface area (Å²) in [5, 5.41) is 3.53. The van der Waals surface area contributed by atoms with Crippen molar-refractivity contribution in [3.05, 3.63) is 47.4 Å². The molecule has 1 N–H and O–H groups in total. The fourth-order valence-electron chi connectivity index (χ4n) is 1.24. The number of anilines is 2. The number of rotatable bonds is 3. The molecule has 0 aliphatic heterocycles. The molecule has 5 heteroatoms. The topological polar surface area (TPSA) is 54.9 Å². The molecule has 0 aliphatic rings. The molecular weight excluding hydrogens is 226 g/mol. The van der Waals surface area contributed by atoms with Crippen LogP contribution in [0.5, 0.6) is 0 Å². The average Bonchev–Trinajstić information content (AvgIpc) is 2.31. The third-order valence-electron chi connectivity index (χ3n) is 1.97. The minimum atomic E-state index is 0.523. The smallest absolute Gasteiger partial charge is 0.152 e. The molecule has 1 aromatic heterocycles. The third-order valence-corrected chi connectivity index (χ3v) is 2.20. The second-order valence-electron chi connectivity index (χ2n) is 3.07. The van der Waals surface area contributed by atoms with Crippen LogP contribution in [0.3, 0.4) is 0 Å². The van der Waals surface area contributed by atoms with Crippen molar-refractivity contribution in [3.8, 4) is 0 Å². The molecule has 0 atom stereocenters. The number of hydrogen-bond acceptors (Lipinski definition) is 4. The Hall–Kier alpha value is -1.94. The molecule has 0 fully saturated rings. The van der Waals surface area contributed by atoms with Crippen molar-refractivity contribution in [1.82, 2.24) is 9.97 Å². The normalized spacial score (nSPS) is 9.81. The number of nitrogens with one attached hydrogen (secondary N) is 1. The maximum absolute atomic E-state index is 10.8. The highest BCUT2D eigenvalue weighted by atomic mass is 35.5. The van der Waals surface area contributed by atoms with E-state index < -0.39 is 0 Å². The number of halogens is 1. The van der Waals surface area contributed by atoms with Gasteiger partial charge in [0.15, 0.2) is 6.29 Å². The standard InChI is InChI=1S/C11H8ClN3O/c12-9-2-1-8(7-16)10(5-9)15-11-6-13-3-4-14-11/h1-7H,(H,14,15). The molecule has 0 unspecified atom stereocenters. The molecule has 0 radical (unpaired) electrons. The van der Waals surface area contributed by atoms with E-state index in [2.05, 4.69) is 15.3 Å². The minimum Gasteiger partial charge on any atom is -0.338 e. The van der Waals surface area contributed by atoms with E-state index in [-0.39, 0.29) is 0 Å². The summed E-state index contributed by atoms with van der Waals surface area (Å²) in [5.41, 5.74) is 1.14. The maximum atomic E-state index is 10.8. The number of benzene rings is 1. The summed E-state index contributed by atoms with van der Waals surface area (Å²) in [5.74, 6) is 0.563. The second-order valence-corrected chi connectivity index (χ2v) is 3.50. The van der Waals surface area contributed by atoms with E-state index in [4.69, 9.17) is 11.6 Å². The summed E-state index contributed by atoms with van der Waals surface area (Å²) >= 11 is 5.85. The molecule has 4 nitrogen and oxygen atoms in total. The van der Waals surface area contributed by atoms with Gasteiger partial charge in [-0.1, -0.05) is 11.6 Å². The Morgan fingerprint density at radius 2 is 2.19 bits per heavy atom. The Kier molecular flexibility index (Phi) is 3.12. The first kappa shape index (κ1) is 10.6. The number of carbonyl (C=O) groups is 1. The van der Waals surface area contributed by atoms with E-state index in [9.17, 15) is 4.79 Å². The lowest BCUT2D eigenvalue weighted by Gasteiger charge is -2.07. The average molecular weight is 234 g/mol. The van der Waals surface area contributed by atoms with Crippen molar-refractivity contribution in [2.45, 2.75) is 0 Å². The highest BCUT2D eigenvalue weighted by Crippen LogP contribution is 2.22. The molecule has 0 bridgehead atoms. The van der Waals surface area contributed by atoms with Gasteiger partial charge in [0.05, 0.1) is 11.9 Å². The van der Waals surface area contributed by atoms with Crippen molar-refractivity contribution >= 4 is 29.4 Å². The van der Waals surface area contributed by atoms with Gasteiger partial charge in [0.2, 0.25) is 0 Å². The zero-order chi connectivity index (χ0) is 11.4. The molecule has 2 rings (SSSR count). The van der Waals surface area contributed by atoms with Gasteiger partial charge in [-0.2, -0.15) is 0 Å². The number of nitrogens with zero attached hydrogens (tertiary/aromatic N) is 2. The Labute approximate surface area is 97.3 Å². The molecule has 1 aromatic carbocycles. The molecule has 1 heterocycles. The second kappa shape index (κ2) is 4.72. The first-order valence-corrected chi connectivity index (χ1v) is 4.95. The van der Waals surface area contributed by atoms with Gasteiger partial charge in [-0.15, -0.1) is 0 Å². The summed E-state index contributed by atoms with van der Waals surface area (Å²) in [6.07, 6.45) is 5.46. The predicted octanol–water partition coefficient (Wildman–Crippen LogP) is 2.69. The Morgan fingerprint density at radius 3 is 2.88 bits per heavy atom. The van der Waals surface area contributed by atoms with E-state index >= 15 is 0 Å². The van der Waals surface area contributed by atoms with Crippen LogP contribution < -0.4 is 5.32 Å². The number of hydrogen-bond donors (Lipinski definition) is 1. The quantitative estimate of drug-likeness (QED) is 0.829. The lowest BCUT2D eigenvalue weighted by Crippen LogP contribution is -1.97. The van der Waals surface area contributed by atoms with Crippen LogP contribution in [0.2, 0.25) is 5.02 Å². The number of aldehydes is 1. The molecule has 2 aromatic rings. The monoisotopic (exact) mass is 233 g/mol. The highest BCUT2D eigenvalue weighted by molar-refractivity contribution is 6.31. The number of carbonyl (C=O) groups excluding carboxylic acids is 1. The molecular formula is C11H8ClN3O. The van der Waals surface area contributed by atoms with Crippen LogP contribution in [-0.4, -0.2) is 16.3 Å². The van der Waals surface area contributed by atoms with Crippen LogP contribution in [0.1, 0.15) is 10.4 Å². The summed E-state index contributed by atoms with van der Waals surface area (Å²) < 4.78 is 0. The molecule has 0 amide bonds. The Morgan fingerprint density at radius 1 is 1.31 bits per heavy atom. The molecule has 0 aliphatic carbocycles. The van der Waals surface area contributed by atoms with Crippen molar-refractivity contribution in [2.75, 3.05) is 5.32 Å². The first-order valence-electron chi connectivity index (χ1n) is 4.57. The first-order chi connectivity index (χ1) is 7.79. The van der Waals surface area contributed by atoms with Crippen LogP contribution in [0.15, 0.2) is 36.8 Å². The predicted molar refractivity (Wildman–Crippen MR) is 62.2 cm³/mol. The highest BCUT2D eigenvalue weighted by Gasteiger charge is 2.03. The van der Waals surface area contributed by atoms with Gasteiger partial charge >= 0.3 is 0 Å². The molecule has 80 valence electrons. The molecule has 0 spiro atoms. The zero-order valence-electron chi connectivity index (χ0n) is 8.22. The van der Waals surface area contributed by atoms with Gasteiger partial charge in [-0.25, -0.2) is 4.98 Å². The van der Waals surface area contributed by atoms with Crippen molar-refractivity contribution in [1.29, 1.82) is 0 Å². The van der Waals surface area contributed by atoms with Gasteiger partial charge in [-0.3, -0.25) is 9.78 Å². The molecule has 16 heavy (non-hydrogen) atoms. The van der Waals surface area contributed by atoms with Gasteiger partial charge in [0.25, 0.3) is 0 Å². The Balaban J connectivity index is 2.33. The fraction of sp³-hybridized carbons (Fsp3) is 0. The number of aromatic nitrogens is 2. The third kappa shape index (κ3) is 2.35. The van der Waals surface area contributed by atoms with E-state index in [0.29, 0.717) is 22.1 Å². The largest absolute Gasteiger partial charge is 0.338 e. The maximum Gasteiger partial charge on any atom is 0.152 e. The van der Waals surface area contributed by atoms with Gasteiger partial charge < -0.3 is 5.32 Å². The van der Waals surface area contributed by atoms with Gasteiger partial charge in [-0.05, 0) is 18.2 Å².